The molecule has 0 radical (unpaired) electrons. The van der Waals surface area contributed by atoms with Crippen molar-refractivity contribution in [2.24, 2.45) is 5.92 Å². The van der Waals surface area contributed by atoms with Gasteiger partial charge in [0, 0.05) is 25.6 Å². The molecule has 1 spiro atoms. The Morgan fingerprint density at radius 1 is 1.47 bits per heavy atom. The summed E-state index contributed by atoms with van der Waals surface area (Å²) < 4.78 is 11.3. The zero-order valence-electron chi connectivity index (χ0n) is 9.69. The number of hydrogen-bond donors (Lipinski definition) is 0. The largest absolute Gasteiger partial charge is 0.378 e. The first-order valence-electron chi connectivity index (χ1n) is 6.09. The lowest BCUT2D eigenvalue weighted by atomic mass is 9.82. The molecule has 1 aromatic rings. The number of carbonyl (C=O) groups is 1. The number of ether oxygens (including phenoxy) is 2. The molecule has 17 heavy (non-hydrogen) atoms. The fourth-order valence-corrected chi connectivity index (χ4v) is 3.48. The Balaban J connectivity index is 1.73. The second-order valence-corrected chi connectivity index (χ2v) is 5.81. The van der Waals surface area contributed by atoms with Crippen LogP contribution in [0.3, 0.4) is 0 Å². The summed E-state index contributed by atoms with van der Waals surface area (Å²) >= 11 is 1.53. The molecule has 4 heteroatoms. The normalized spacial score (nSPS) is 33.1. The predicted molar refractivity (Wildman–Crippen MR) is 65.5 cm³/mol. The van der Waals surface area contributed by atoms with E-state index in [9.17, 15) is 4.79 Å². The second-order valence-electron chi connectivity index (χ2n) is 4.87. The van der Waals surface area contributed by atoms with Gasteiger partial charge in [0.1, 0.15) is 0 Å². The van der Waals surface area contributed by atoms with Crippen LogP contribution in [0.25, 0.3) is 0 Å². The fraction of sp³-hybridized carbons (Fsp3) is 0.615. The third-order valence-electron chi connectivity index (χ3n) is 3.69. The molecular formula is C13H16O3S. The van der Waals surface area contributed by atoms with Gasteiger partial charge in [-0.2, -0.15) is 0 Å². The van der Waals surface area contributed by atoms with Crippen LogP contribution in [0, 0.1) is 5.92 Å². The number of hydrogen-bond acceptors (Lipinski definition) is 4. The molecule has 2 unspecified atom stereocenters. The van der Waals surface area contributed by atoms with Crippen LogP contribution in [0.15, 0.2) is 17.5 Å². The summed E-state index contributed by atoms with van der Waals surface area (Å²) in [5.41, 5.74) is -0.171. The van der Waals surface area contributed by atoms with Crippen LogP contribution < -0.4 is 0 Å². The summed E-state index contributed by atoms with van der Waals surface area (Å²) in [6.45, 7) is 2.10. The highest BCUT2D eigenvalue weighted by Crippen LogP contribution is 2.37. The Morgan fingerprint density at radius 3 is 3.12 bits per heavy atom. The molecule has 3 rings (SSSR count). The number of ketones is 1. The topological polar surface area (TPSA) is 35.5 Å². The van der Waals surface area contributed by atoms with E-state index in [4.69, 9.17) is 9.47 Å². The SMILES string of the molecule is O=C(c1cccs1)C1CCOC2(CCOC2)C1. The van der Waals surface area contributed by atoms with E-state index in [2.05, 4.69) is 0 Å². The average molecular weight is 252 g/mol. The monoisotopic (exact) mass is 252 g/mol. The van der Waals surface area contributed by atoms with Gasteiger partial charge in [-0.25, -0.2) is 0 Å². The van der Waals surface area contributed by atoms with E-state index in [0.717, 1.165) is 30.7 Å². The summed E-state index contributed by atoms with van der Waals surface area (Å²) in [5.74, 6) is 0.402. The Hall–Kier alpha value is -0.710. The van der Waals surface area contributed by atoms with Crippen molar-refractivity contribution in [2.45, 2.75) is 24.9 Å². The molecule has 0 amide bonds. The quantitative estimate of drug-likeness (QED) is 0.759. The van der Waals surface area contributed by atoms with Gasteiger partial charge >= 0.3 is 0 Å². The summed E-state index contributed by atoms with van der Waals surface area (Å²) in [5, 5.41) is 1.96. The first kappa shape index (κ1) is 11.4. The van der Waals surface area contributed by atoms with Gasteiger partial charge in [-0.05, 0) is 24.3 Å². The van der Waals surface area contributed by atoms with Gasteiger partial charge in [-0.3, -0.25) is 4.79 Å². The highest BCUT2D eigenvalue weighted by Gasteiger charge is 2.43. The van der Waals surface area contributed by atoms with Crippen molar-refractivity contribution in [3.63, 3.8) is 0 Å². The van der Waals surface area contributed by atoms with Crippen LogP contribution in [0.2, 0.25) is 0 Å². The predicted octanol–water partition coefficient (Wildman–Crippen LogP) is 2.52. The molecule has 2 aliphatic rings. The van der Waals surface area contributed by atoms with E-state index < -0.39 is 0 Å². The van der Waals surface area contributed by atoms with Crippen LogP contribution in [0.5, 0.6) is 0 Å². The maximum atomic E-state index is 12.3. The lowest BCUT2D eigenvalue weighted by molar-refractivity contribution is -0.0920. The zero-order chi connectivity index (χ0) is 11.7. The summed E-state index contributed by atoms with van der Waals surface area (Å²) in [7, 11) is 0. The second kappa shape index (κ2) is 4.52. The highest BCUT2D eigenvalue weighted by molar-refractivity contribution is 7.12. The third-order valence-corrected chi connectivity index (χ3v) is 4.58. The smallest absolute Gasteiger partial charge is 0.176 e. The number of thiophene rings is 1. The molecule has 0 saturated carbocycles. The van der Waals surface area contributed by atoms with E-state index in [0.29, 0.717) is 13.2 Å². The van der Waals surface area contributed by atoms with E-state index in [-0.39, 0.29) is 17.3 Å². The maximum Gasteiger partial charge on any atom is 0.176 e. The molecule has 2 fully saturated rings. The molecular weight excluding hydrogens is 236 g/mol. The molecule has 3 heterocycles. The van der Waals surface area contributed by atoms with Crippen LogP contribution in [0.4, 0.5) is 0 Å². The maximum absolute atomic E-state index is 12.3. The first-order valence-corrected chi connectivity index (χ1v) is 6.96. The molecule has 3 nitrogen and oxygen atoms in total. The minimum Gasteiger partial charge on any atom is -0.378 e. The number of carbonyl (C=O) groups excluding carboxylic acids is 1. The van der Waals surface area contributed by atoms with E-state index >= 15 is 0 Å². The van der Waals surface area contributed by atoms with Gasteiger partial charge in [0.15, 0.2) is 5.78 Å². The molecule has 2 atom stereocenters. The molecule has 0 aliphatic carbocycles. The van der Waals surface area contributed by atoms with Crippen LogP contribution in [-0.4, -0.2) is 31.2 Å². The molecule has 2 saturated heterocycles. The van der Waals surface area contributed by atoms with Crippen molar-refractivity contribution in [3.05, 3.63) is 22.4 Å². The van der Waals surface area contributed by atoms with Gasteiger partial charge < -0.3 is 9.47 Å². The Morgan fingerprint density at radius 2 is 2.41 bits per heavy atom. The fourth-order valence-electron chi connectivity index (χ4n) is 2.73. The van der Waals surface area contributed by atoms with Gasteiger partial charge in [0.05, 0.1) is 17.1 Å². The minimum atomic E-state index is -0.171. The summed E-state index contributed by atoms with van der Waals surface area (Å²) in [4.78, 5) is 13.2. The molecule has 0 N–H and O–H groups in total. The molecule has 2 aliphatic heterocycles. The summed E-state index contributed by atoms with van der Waals surface area (Å²) in [6.07, 6.45) is 2.60. The molecule has 0 bridgehead atoms. The first-order chi connectivity index (χ1) is 8.29. The highest BCUT2D eigenvalue weighted by atomic mass is 32.1. The molecule has 0 aromatic carbocycles. The van der Waals surface area contributed by atoms with Gasteiger partial charge in [-0.1, -0.05) is 6.07 Å². The minimum absolute atomic E-state index is 0.115. The van der Waals surface area contributed by atoms with E-state index in [1.54, 1.807) is 0 Å². The van der Waals surface area contributed by atoms with Crippen molar-refractivity contribution in [2.75, 3.05) is 19.8 Å². The van der Waals surface area contributed by atoms with Crippen LogP contribution in [-0.2, 0) is 9.47 Å². The Labute approximate surface area is 105 Å². The Kier molecular flexibility index (Phi) is 3.03. The molecule has 1 aromatic heterocycles. The van der Waals surface area contributed by atoms with Crippen molar-refractivity contribution in [1.82, 2.24) is 0 Å². The lowest BCUT2D eigenvalue weighted by Crippen LogP contribution is -2.42. The average Bonchev–Trinajstić information content (AvgIpc) is 3.00. The number of Topliss-reactive ketones (excluding diaryl/α,β-unsaturated/α-hetero) is 1. The Bertz CT molecular complexity index is 393. The van der Waals surface area contributed by atoms with E-state index in [1.165, 1.54) is 11.3 Å². The third kappa shape index (κ3) is 2.17. The van der Waals surface area contributed by atoms with Crippen LogP contribution >= 0.6 is 11.3 Å². The van der Waals surface area contributed by atoms with Gasteiger partial charge in [0.25, 0.3) is 0 Å². The number of rotatable bonds is 2. The van der Waals surface area contributed by atoms with Crippen LogP contribution in [0.1, 0.15) is 28.9 Å². The molecule has 92 valence electrons. The van der Waals surface area contributed by atoms with Gasteiger partial charge in [-0.15, -0.1) is 11.3 Å². The van der Waals surface area contributed by atoms with Crippen molar-refractivity contribution >= 4 is 17.1 Å². The summed E-state index contributed by atoms with van der Waals surface area (Å²) in [6, 6.07) is 3.85. The van der Waals surface area contributed by atoms with E-state index in [1.807, 2.05) is 17.5 Å². The standard InChI is InChI=1S/C13H16O3S/c14-12(11-2-1-7-17-11)10-3-5-16-13(8-10)4-6-15-9-13/h1-2,7,10H,3-6,8-9H2. The van der Waals surface area contributed by atoms with Crippen molar-refractivity contribution < 1.29 is 14.3 Å². The van der Waals surface area contributed by atoms with Crippen molar-refractivity contribution in [3.8, 4) is 0 Å². The zero-order valence-corrected chi connectivity index (χ0v) is 10.5. The lowest BCUT2D eigenvalue weighted by Gasteiger charge is -2.36. The van der Waals surface area contributed by atoms with Crippen molar-refractivity contribution in [1.29, 1.82) is 0 Å². The van der Waals surface area contributed by atoms with Gasteiger partial charge in [0.2, 0.25) is 0 Å².